The zero-order chi connectivity index (χ0) is 22.1. The second kappa shape index (κ2) is 8.71. The quantitative estimate of drug-likeness (QED) is 0.587. The van der Waals surface area contributed by atoms with Gasteiger partial charge in [-0.1, -0.05) is 18.2 Å². The molecule has 0 aromatic heterocycles. The van der Waals surface area contributed by atoms with Crippen molar-refractivity contribution in [1.82, 2.24) is 0 Å². The van der Waals surface area contributed by atoms with Crippen molar-refractivity contribution in [3.05, 3.63) is 89.0 Å². The van der Waals surface area contributed by atoms with Crippen LogP contribution in [0.3, 0.4) is 0 Å². The number of benzene rings is 3. The van der Waals surface area contributed by atoms with Gasteiger partial charge in [-0.3, -0.25) is 14.5 Å². The van der Waals surface area contributed by atoms with Crippen molar-refractivity contribution < 1.29 is 14.3 Å². The number of thioether (sulfide) groups is 1. The van der Waals surface area contributed by atoms with Crippen molar-refractivity contribution in [1.29, 1.82) is 0 Å². The van der Waals surface area contributed by atoms with Crippen molar-refractivity contribution in [3.63, 3.8) is 0 Å². The Kier molecular flexibility index (Phi) is 5.62. The lowest BCUT2D eigenvalue weighted by Crippen LogP contribution is -2.27. The largest absolute Gasteiger partial charge is 0.497 e. The molecule has 162 valence electrons. The first-order valence-electron chi connectivity index (χ1n) is 10.7. The van der Waals surface area contributed by atoms with Gasteiger partial charge in [-0.05, 0) is 84.5 Å². The minimum absolute atomic E-state index is 0.0618. The summed E-state index contributed by atoms with van der Waals surface area (Å²) in [6.07, 6.45) is 3.41. The van der Waals surface area contributed by atoms with Gasteiger partial charge in [-0.2, -0.15) is 0 Å². The van der Waals surface area contributed by atoms with E-state index in [4.69, 9.17) is 4.74 Å². The molecule has 2 aliphatic rings. The Labute approximate surface area is 191 Å². The summed E-state index contributed by atoms with van der Waals surface area (Å²) in [4.78, 5) is 27.1. The number of amides is 2. The van der Waals surface area contributed by atoms with Gasteiger partial charge in [0.05, 0.1) is 12.9 Å². The fourth-order valence-corrected chi connectivity index (χ4v) is 5.51. The summed E-state index contributed by atoms with van der Waals surface area (Å²) in [6.45, 7) is 0. The highest BCUT2D eigenvalue weighted by atomic mass is 32.2. The van der Waals surface area contributed by atoms with Crippen LogP contribution < -0.4 is 15.0 Å². The van der Waals surface area contributed by atoms with Crippen LogP contribution in [0.15, 0.2) is 66.7 Å². The van der Waals surface area contributed by atoms with Gasteiger partial charge in [0.2, 0.25) is 5.91 Å². The van der Waals surface area contributed by atoms with Crippen LogP contribution in [0.5, 0.6) is 5.75 Å². The van der Waals surface area contributed by atoms with Crippen LogP contribution in [0.1, 0.15) is 38.8 Å². The fraction of sp³-hybridized carbons (Fsp3) is 0.231. The summed E-state index contributed by atoms with van der Waals surface area (Å²) in [5.41, 5.74) is 6.07. The van der Waals surface area contributed by atoms with Crippen LogP contribution in [-0.4, -0.2) is 24.7 Å². The Hall–Kier alpha value is -3.25. The average molecular weight is 445 g/mol. The highest BCUT2D eigenvalue weighted by Gasteiger charge is 2.34. The SMILES string of the molecule is COc1ccc(C(=O)Nc2ccc([C@@H]3SCC(=O)N3c3ccc4c(c3)CCC4)cc2)cc1. The van der Waals surface area contributed by atoms with Gasteiger partial charge in [-0.15, -0.1) is 11.8 Å². The van der Waals surface area contributed by atoms with Crippen molar-refractivity contribution in [3.8, 4) is 5.75 Å². The van der Waals surface area contributed by atoms with E-state index in [-0.39, 0.29) is 17.2 Å². The van der Waals surface area contributed by atoms with Gasteiger partial charge in [0, 0.05) is 16.9 Å². The molecule has 0 bridgehead atoms. The fourth-order valence-electron chi connectivity index (χ4n) is 4.33. The van der Waals surface area contributed by atoms with Gasteiger partial charge in [0.1, 0.15) is 11.1 Å². The third-order valence-electron chi connectivity index (χ3n) is 6.03. The Morgan fingerprint density at radius 1 is 1.00 bits per heavy atom. The first-order valence-corrected chi connectivity index (χ1v) is 11.8. The Morgan fingerprint density at radius 2 is 1.75 bits per heavy atom. The average Bonchev–Trinajstić information content (AvgIpc) is 3.45. The highest BCUT2D eigenvalue weighted by Crippen LogP contribution is 2.43. The lowest BCUT2D eigenvalue weighted by atomic mass is 10.1. The molecule has 3 aromatic carbocycles. The van der Waals surface area contributed by atoms with E-state index in [1.807, 2.05) is 29.2 Å². The number of nitrogens with one attached hydrogen (secondary N) is 1. The molecule has 32 heavy (non-hydrogen) atoms. The molecule has 1 heterocycles. The van der Waals surface area contributed by atoms with E-state index in [1.165, 1.54) is 17.5 Å². The number of ether oxygens (including phenoxy) is 1. The van der Waals surface area contributed by atoms with Crippen molar-refractivity contribution >= 4 is 35.0 Å². The molecule has 5 rings (SSSR count). The number of nitrogens with zero attached hydrogens (tertiary/aromatic N) is 1. The van der Waals surface area contributed by atoms with E-state index in [0.29, 0.717) is 22.8 Å². The van der Waals surface area contributed by atoms with E-state index in [9.17, 15) is 9.59 Å². The number of carbonyl (C=O) groups excluding carboxylic acids is 2. The smallest absolute Gasteiger partial charge is 0.255 e. The third kappa shape index (κ3) is 3.98. The van der Waals surface area contributed by atoms with Crippen LogP contribution in [0.2, 0.25) is 0 Å². The topological polar surface area (TPSA) is 58.6 Å². The first kappa shape index (κ1) is 20.6. The molecule has 1 aliphatic carbocycles. The summed E-state index contributed by atoms with van der Waals surface area (Å²) < 4.78 is 5.14. The molecule has 0 radical (unpaired) electrons. The van der Waals surface area contributed by atoms with Crippen LogP contribution in [0, 0.1) is 0 Å². The Morgan fingerprint density at radius 3 is 2.50 bits per heavy atom. The summed E-state index contributed by atoms with van der Waals surface area (Å²) in [5.74, 6) is 1.14. The van der Waals surface area contributed by atoms with Crippen LogP contribution in [0.4, 0.5) is 11.4 Å². The lowest BCUT2D eigenvalue weighted by molar-refractivity contribution is -0.115. The summed E-state index contributed by atoms with van der Waals surface area (Å²) in [5, 5.41) is 2.86. The van der Waals surface area contributed by atoms with Gasteiger partial charge in [0.25, 0.3) is 5.91 Å². The van der Waals surface area contributed by atoms with Crippen LogP contribution >= 0.6 is 11.8 Å². The van der Waals surface area contributed by atoms with Crippen molar-refractivity contribution in [2.75, 3.05) is 23.1 Å². The summed E-state index contributed by atoms with van der Waals surface area (Å²) in [6, 6.07) is 21.2. The van der Waals surface area contributed by atoms with Crippen molar-refractivity contribution in [2.24, 2.45) is 0 Å². The molecule has 1 aliphatic heterocycles. The van der Waals surface area contributed by atoms with Crippen LogP contribution in [-0.2, 0) is 17.6 Å². The zero-order valence-corrected chi connectivity index (χ0v) is 18.7. The number of hydrogen-bond acceptors (Lipinski definition) is 4. The molecule has 0 spiro atoms. The molecule has 1 fully saturated rings. The maximum absolute atomic E-state index is 12.7. The monoisotopic (exact) mass is 444 g/mol. The molecule has 6 heteroatoms. The zero-order valence-electron chi connectivity index (χ0n) is 17.8. The van der Waals surface area contributed by atoms with Gasteiger partial charge in [-0.25, -0.2) is 0 Å². The molecular formula is C26H24N2O3S. The normalized spacial score (nSPS) is 17.3. The number of fused-ring (bicyclic) bond motifs is 1. The predicted octanol–water partition coefficient (Wildman–Crippen LogP) is 5.21. The van der Waals surface area contributed by atoms with E-state index < -0.39 is 0 Å². The standard InChI is InChI=1S/C26H24N2O3S/c1-31-23-13-8-18(9-14-23)25(30)27-21-10-5-19(6-11-21)26-28(24(29)16-32-26)22-12-7-17-3-2-4-20(17)15-22/h5-15,26H,2-4,16H2,1H3,(H,27,30)/t26-/m0/s1. The Balaban J connectivity index is 1.32. The maximum atomic E-state index is 12.7. The molecule has 1 atom stereocenters. The number of aryl methyl sites for hydroxylation is 2. The number of hydrogen-bond donors (Lipinski definition) is 1. The van der Waals surface area contributed by atoms with Crippen molar-refractivity contribution in [2.45, 2.75) is 24.6 Å². The summed E-state index contributed by atoms with van der Waals surface area (Å²) >= 11 is 1.64. The van der Waals surface area contributed by atoms with E-state index >= 15 is 0 Å². The molecule has 2 amide bonds. The van der Waals surface area contributed by atoms with Gasteiger partial charge in [0.15, 0.2) is 0 Å². The predicted molar refractivity (Wildman–Crippen MR) is 129 cm³/mol. The molecule has 0 unspecified atom stereocenters. The molecule has 5 nitrogen and oxygen atoms in total. The third-order valence-corrected chi connectivity index (χ3v) is 7.25. The number of anilines is 2. The van der Waals surface area contributed by atoms with Crippen LogP contribution in [0.25, 0.3) is 0 Å². The maximum Gasteiger partial charge on any atom is 0.255 e. The number of carbonyl (C=O) groups is 2. The molecule has 1 N–H and O–H groups in total. The highest BCUT2D eigenvalue weighted by molar-refractivity contribution is 8.00. The molecule has 0 saturated carbocycles. The van der Waals surface area contributed by atoms with E-state index in [1.54, 1.807) is 43.1 Å². The summed E-state index contributed by atoms with van der Waals surface area (Å²) in [7, 11) is 1.60. The van der Waals surface area contributed by atoms with Gasteiger partial charge < -0.3 is 10.1 Å². The second-order valence-electron chi connectivity index (χ2n) is 8.04. The lowest BCUT2D eigenvalue weighted by Gasteiger charge is -2.25. The second-order valence-corrected chi connectivity index (χ2v) is 9.11. The molecule has 3 aromatic rings. The minimum Gasteiger partial charge on any atom is -0.497 e. The molecular weight excluding hydrogens is 420 g/mol. The first-order chi connectivity index (χ1) is 15.6. The molecule has 1 saturated heterocycles. The minimum atomic E-state index is -0.175. The van der Waals surface area contributed by atoms with E-state index in [2.05, 4.69) is 23.5 Å². The number of methoxy groups -OCH3 is 1. The number of rotatable bonds is 5. The Bertz CT molecular complexity index is 1160. The van der Waals surface area contributed by atoms with E-state index in [0.717, 1.165) is 24.1 Å². The van der Waals surface area contributed by atoms with Gasteiger partial charge >= 0.3 is 0 Å².